The van der Waals surface area contributed by atoms with Crippen LogP contribution in [0.2, 0.25) is 5.02 Å². The summed E-state index contributed by atoms with van der Waals surface area (Å²) < 4.78 is 30.4. The van der Waals surface area contributed by atoms with Gasteiger partial charge in [-0.2, -0.15) is 0 Å². The molecule has 4 rings (SSSR count). The number of carbonyl (C=O) groups excluding carboxylic acids is 1. The van der Waals surface area contributed by atoms with Crippen LogP contribution >= 0.6 is 24.0 Å². The molecule has 0 spiro atoms. The van der Waals surface area contributed by atoms with Crippen molar-refractivity contribution in [2.24, 2.45) is 5.92 Å². The molecule has 1 heterocycles. The summed E-state index contributed by atoms with van der Waals surface area (Å²) in [5, 5.41) is 6.96. The van der Waals surface area contributed by atoms with E-state index in [0.29, 0.717) is 5.92 Å². The molecule has 2 aliphatic rings. The number of rotatable bonds is 7. The third-order valence-corrected chi connectivity index (χ3v) is 9.00. The average molecular weight is 513 g/mol. The lowest BCUT2D eigenvalue weighted by Crippen LogP contribution is -2.52. The monoisotopic (exact) mass is 512 g/mol. The van der Waals surface area contributed by atoms with Gasteiger partial charge in [-0.15, -0.1) is 12.4 Å². The highest BCUT2D eigenvalue weighted by molar-refractivity contribution is 7.91. The highest BCUT2D eigenvalue weighted by Gasteiger charge is 2.48. The largest absolute Gasteiger partial charge is 0.496 e. The molecule has 180 valence electrons. The summed E-state index contributed by atoms with van der Waals surface area (Å²) in [6.45, 7) is 2.49. The molecule has 33 heavy (non-hydrogen) atoms. The van der Waals surface area contributed by atoms with Gasteiger partial charge in [-0.3, -0.25) is 4.79 Å². The number of sulfone groups is 1. The van der Waals surface area contributed by atoms with Gasteiger partial charge in [0.05, 0.1) is 34.4 Å². The summed E-state index contributed by atoms with van der Waals surface area (Å²) in [5.74, 6) is 0.359. The minimum absolute atomic E-state index is 0. The number of amides is 1. The molecule has 1 saturated heterocycles. The van der Waals surface area contributed by atoms with E-state index in [9.17, 15) is 13.2 Å². The van der Waals surface area contributed by atoms with E-state index in [1.807, 2.05) is 30.3 Å². The highest BCUT2D eigenvalue weighted by Crippen LogP contribution is 2.45. The fourth-order valence-corrected chi connectivity index (χ4v) is 6.61. The van der Waals surface area contributed by atoms with Crippen molar-refractivity contribution in [3.8, 4) is 5.75 Å². The second-order valence-electron chi connectivity index (χ2n) is 8.70. The fourth-order valence-electron chi connectivity index (χ4n) is 5.14. The first-order valence-electron chi connectivity index (χ1n) is 11.0. The number of halogens is 2. The zero-order valence-electron chi connectivity index (χ0n) is 18.8. The Balaban J connectivity index is 0.00000306. The number of fused-ring (bicyclic) bond motifs is 2. The van der Waals surface area contributed by atoms with E-state index in [-0.39, 0.29) is 56.9 Å². The minimum atomic E-state index is -3.60. The van der Waals surface area contributed by atoms with Crippen molar-refractivity contribution in [1.29, 1.82) is 0 Å². The first-order valence-corrected chi connectivity index (χ1v) is 13.0. The van der Waals surface area contributed by atoms with Crippen LogP contribution in [0.15, 0.2) is 47.4 Å². The topological polar surface area (TPSA) is 84.5 Å². The third kappa shape index (κ3) is 5.02. The second-order valence-corrected chi connectivity index (χ2v) is 11.4. The van der Waals surface area contributed by atoms with Crippen molar-refractivity contribution >= 4 is 39.8 Å². The Labute approximate surface area is 206 Å². The van der Waals surface area contributed by atoms with E-state index in [0.717, 1.165) is 31.4 Å². The molecule has 9 heteroatoms. The number of hydrogen-bond acceptors (Lipinski definition) is 5. The normalized spacial score (nSPS) is 22.8. The second kappa shape index (κ2) is 10.2. The van der Waals surface area contributed by atoms with E-state index < -0.39 is 9.84 Å². The zero-order valence-corrected chi connectivity index (χ0v) is 21.2. The Bertz CT molecular complexity index is 1110. The van der Waals surface area contributed by atoms with Gasteiger partial charge in [0.15, 0.2) is 9.84 Å². The summed E-state index contributed by atoms with van der Waals surface area (Å²) in [5.41, 5.74) is 0.953. The van der Waals surface area contributed by atoms with Crippen molar-refractivity contribution in [2.75, 3.05) is 19.4 Å². The molecule has 1 amide bonds. The summed E-state index contributed by atoms with van der Waals surface area (Å²) in [6.07, 6.45) is 4.28. The van der Waals surface area contributed by atoms with Crippen LogP contribution in [-0.2, 0) is 9.84 Å². The van der Waals surface area contributed by atoms with Gasteiger partial charge in [-0.25, -0.2) is 8.42 Å². The molecule has 2 aromatic carbocycles. The molecule has 0 aromatic heterocycles. The van der Waals surface area contributed by atoms with Crippen molar-refractivity contribution in [3.63, 3.8) is 0 Å². The van der Waals surface area contributed by atoms with Crippen LogP contribution < -0.4 is 15.4 Å². The summed E-state index contributed by atoms with van der Waals surface area (Å²) in [4.78, 5) is 13.5. The van der Waals surface area contributed by atoms with Gasteiger partial charge in [-0.05, 0) is 43.4 Å². The van der Waals surface area contributed by atoms with Crippen LogP contribution in [0.1, 0.15) is 54.6 Å². The molecule has 1 aliphatic carbocycles. The molecule has 2 fully saturated rings. The highest BCUT2D eigenvalue weighted by atomic mass is 35.5. The maximum absolute atomic E-state index is 13.5. The number of carbonyl (C=O) groups is 1. The molecule has 6 nitrogen and oxygen atoms in total. The summed E-state index contributed by atoms with van der Waals surface area (Å²) in [7, 11) is -2.16. The quantitative estimate of drug-likeness (QED) is 0.567. The van der Waals surface area contributed by atoms with Gasteiger partial charge in [0.2, 0.25) is 0 Å². The van der Waals surface area contributed by atoms with Gasteiger partial charge in [-0.1, -0.05) is 55.3 Å². The van der Waals surface area contributed by atoms with Crippen LogP contribution in [0.5, 0.6) is 5.75 Å². The lowest BCUT2D eigenvalue weighted by molar-refractivity contribution is 0.0889. The average Bonchev–Trinajstić information content (AvgIpc) is 3.11. The number of benzene rings is 2. The van der Waals surface area contributed by atoms with Gasteiger partial charge in [0.25, 0.3) is 5.91 Å². The van der Waals surface area contributed by atoms with Crippen LogP contribution in [0.25, 0.3) is 0 Å². The van der Waals surface area contributed by atoms with E-state index in [1.54, 1.807) is 6.92 Å². The molecule has 1 saturated carbocycles. The molecule has 2 N–H and O–H groups in total. The summed E-state index contributed by atoms with van der Waals surface area (Å²) >= 11 is 6.22. The maximum atomic E-state index is 13.5. The molecular weight excluding hydrogens is 483 g/mol. The first-order chi connectivity index (χ1) is 15.3. The van der Waals surface area contributed by atoms with Gasteiger partial charge < -0.3 is 15.4 Å². The zero-order chi connectivity index (χ0) is 22.9. The minimum Gasteiger partial charge on any atom is -0.496 e. The van der Waals surface area contributed by atoms with Crippen LogP contribution in [-0.4, -0.2) is 39.3 Å². The standard InChI is InChI=1S/C24H29ClN2O4S.ClH/c1-3-32(29,30)21-12-18(20(31-2)13-19(21)25)23(28)27-22(17-9-5-4-6-10-17)24-11-7-8-16(14-24)15-26-24;/h4-6,9-10,12-13,16,22,26H,3,7-8,11,14-15H2,1-2H3,(H,27,28);1H. The Kier molecular flexibility index (Phi) is 7.99. The molecular formula is C24H30Cl2N2O4S. The molecule has 3 atom stereocenters. The Morgan fingerprint density at radius 2 is 2.03 bits per heavy atom. The van der Waals surface area contributed by atoms with Crippen molar-refractivity contribution in [2.45, 2.75) is 49.1 Å². The summed E-state index contributed by atoms with van der Waals surface area (Å²) in [6, 6.07) is 12.4. The van der Waals surface area contributed by atoms with Gasteiger partial charge >= 0.3 is 0 Å². The number of ether oxygens (including phenoxy) is 1. The SMILES string of the molecule is CCS(=O)(=O)c1cc(C(=O)NC(c2ccccc2)C23CCCC(CN2)C3)c(OC)cc1Cl.Cl. The van der Waals surface area contributed by atoms with E-state index in [2.05, 4.69) is 10.6 Å². The number of nitrogens with one attached hydrogen (secondary N) is 2. The van der Waals surface area contributed by atoms with Crippen LogP contribution in [0, 0.1) is 5.92 Å². The van der Waals surface area contributed by atoms with E-state index >= 15 is 0 Å². The molecule has 2 aromatic rings. The fraction of sp³-hybridized carbons (Fsp3) is 0.458. The van der Waals surface area contributed by atoms with Gasteiger partial charge in [0, 0.05) is 11.6 Å². The third-order valence-electron chi connectivity index (χ3n) is 6.81. The molecule has 1 aliphatic heterocycles. The smallest absolute Gasteiger partial charge is 0.255 e. The van der Waals surface area contributed by atoms with E-state index in [1.165, 1.54) is 25.7 Å². The molecule has 3 unspecified atom stereocenters. The lowest BCUT2D eigenvalue weighted by Gasteiger charge is -2.41. The Morgan fingerprint density at radius 3 is 2.70 bits per heavy atom. The van der Waals surface area contributed by atoms with Crippen LogP contribution in [0.4, 0.5) is 0 Å². The number of hydrogen-bond donors (Lipinski definition) is 2. The van der Waals surface area contributed by atoms with Crippen LogP contribution in [0.3, 0.4) is 0 Å². The molecule has 0 radical (unpaired) electrons. The lowest BCUT2D eigenvalue weighted by atomic mass is 9.73. The Morgan fingerprint density at radius 1 is 1.30 bits per heavy atom. The van der Waals surface area contributed by atoms with Crippen molar-refractivity contribution < 1.29 is 17.9 Å². The predicted molar refractivity (Wildman–Crippen MR) is 132 cm³/mol. The van der Waals surface area contributed by atoms with Gasteiger partial charge in [0.1, 0.15) is 5.75 Å². The van der Waals surface area contributed by atoms with Crippen molar-refractivity contribution in [1.82, 2.24) is 10.6 Å². The van der Waals surface area contributed by atoms with Crippen molar-refractivity contribution in [3.05, 3.63) is 58.6 Å². The predicted octanol–water partition coefficient (Wildman–Crippen LogP) is 4.57. The molecule has 2 bridgehead atoms. The van der Waals surface area contributed by atoms with E-state index in [4.69, 9.17) is 16.3 Å². The maximum Gasteiger partial charge on any atom is 0.255 e. The Hall–Kier alpha value is -1.80. The number of methoxy groups -OCH3 is 1. The first kappa shape index (κ1) is 25.8.